The highest BCUT2D eigenvalue weighted by atomic mass is 16.5. The molecule has 3 rings (SSSR count). The molecular weight excluding hydrogens is 356 g/mol. The van der Waals surface area contributed by atoms with Crippen molar-refractivity contribution in [1.82, 2.24) is 20.3 Å². The van der Waals surface area contributed by atoms with Gasteiger partial charge in [0, 0.05) is 25.4 Å². The second-order valence-electron chi connectivity index (χ2n) is 5.93. The van der Waals surface area contributed by atoms with Gasteiger partial charge in [-0.3, -0.25) is 4.79 Å². The van der Waals surface area contributed by atoms with Crippen molar-refractivity contribution >= 4 is 23.4 Å². The summed E-state index contributed by atoms with van der Waals surface area (Å²) in [6, 6.07) is 14.8. The molecule has 2 heterocycles. The smallest absolute Gasteiger partial charge is 0.224 e. The third-order valence-corrected chi connectivity index (χ3v) is 3.87. The van der Waals surface area contributed by atoms with Crippen LogP contribution in [0, 0.1) is 0 Å². The summed E-state index contributed by atoms with van der Waals surface area (Å²) >= 11 is 0. The fraction of sp³-hybridized carbons (Fsp3) is 0.200. The number of pyridine rings is 1. The zero-order chi connectivity index (χ0) is 19.6. The van der Waals surface area contributed by atoms with Crippen molar-refractivity contribution in [2.24, 2.45) is 0 Å². The molecular formula is C20H22N6O2. The maximum Gasteiger partial charge on any atom is 0.224 e. The number of hydrogen-bond acceptors (Lipinski definition) is 7. The Kier molecular flexibility index (Phi) is 6.73. The molecule has 0 aliphatic carbocycles. The third-order valence-electron chi connectivity index (χ3n) is 3.87. The Bertz CT molecular complexity index is 887. The third kappa shape index (κ3) is 5.94. The van der Waals surface area contributed by atoms with E-state index in [0.717, 1.165) is 11.3 Å². The van der Waals surface area contributed by atoms with E-state index >= 15 is 0 Å². The molecule has 2 aromatic heterocycles. The van der Waals surface area contributed by atoms with E-state index < -0.39 is 0 Å². The summed E-state index contributed by atoms with van der Waals surface area (Å²) in [6.07, 6.45) is 3.50. The van der Waals surface area contributed by atoms with E-state index in [9.17, 15) is 4.79 Å². The topological polar surface area (TPSA) is 101 Å². The van der Waals surface area contributed by atoms with Crippen LogP contribution in [0.1, 0.15) is 5.56 Å². The van der Waals surface area contributed by atoms with Crippen molar-refractivity contribution in [3.63, 3.8) is 0 Å². The minimum atomic E-state index is -0.0350. The van der Waals surface area contributed by atoms with Crippen LogP contribution in [-0.2, 0) is 11.2 Å². The fourth-order valence-electron chi connectivity index (χ4n) is 2.47. The highest BCUT2D eigenvalue weighted by Gasteiger charge is 2.04. The first-order valence-electron chi connectivity index (χ1n) is 8.86. The molecule has 1 aromatic carbocycles. The maximum absolute atomic E-state index is 12.0. The maximum atomic E-state index is 12.0. The summed E-state index contributed by atoms with van der Waals surface area (Å²) in [5.41, 5.74) is 0.937. The van der Waals surface area contributed by atoms with E-state index in [1.807, 2.05) is 42.5 Å². The van der Waals surface area contributed by atoms with Gasteiger partial charge in [-0.15, -0.1) is 0 Å². The number of amides is 1. The van der Waals surface area contributed by atoms with Crippen LogP contribution in [-0.4, -0.2) is 41.1 Å². The number of nitrogens with one attached hydrogen (secondary N) is 3. The molecule has 0 spiro atoms. The summed E-state index contributed by atoms with van der Waals surface area (Å²) in [7, 11) is 1.62. The van der Waals surface area contributed by atoms with Crippen LogP contribution in [0.4, 0.5) is 17.5 Å². The Hall–Kier alpha value is -3.68. The highest BCUT2D eigenvalue weighted by molar-refractivity contribution is 5.78. The van der Waals surface area contributed by atoms with Gasteiger partial charge in [0.1, 0.15) is 29.5 Å². The van der Waals surface area contributed by atoms with E-state index in [2.05, 4.69) is 30.9 Å². The van der Waals surface area contributed by atoms with Gasteiger partial charge in [-0.05, 0) is 29.8 Å². The predicted octanol–water partition coefficient (Wildman–Crippen LogP) is 2.39. The van der Waals surface area contributed by atoms with Crippen LogP contribution in [0.3, 0.4) is 0 Å². The molecule has 144 valence electrons. The Morgan fingerprint density at radius 2 is 1.79 bits per heavy atom. The fourth-order valence-corrected chi connectivity index (χ4v) is 2.47. The summed E-state index contributed by atoms with van der Waals surface area (Å²) < 4.78 is 5.11. The zero-order valence-corrected chi connectivity index (χ0v) is 15.6. The van der Waals surface area contributed by atoms with Crippen molar-refractivity contribution < 1.29 is 9.53 Å². The molecule has 0 fully saturated rings. The van der Waals surface area contributed by atoms with Crippen LogP contribution in [0.2, 0.25) is 0 Å². The van der Waals surface area contributed by atoms with Gasteiger partial charge in [-0.2, -0.15) is 0 Å². The van der Waals surface area contributed by atoms with Crippen LogP contribution >= 0.6 is 0 Å². The summed E-state index contributed by atoms with van der Waals surface area (Å²) in [5.74, 6) is 2.75. The van der Waals surface area contributed by atoms with Crippen molar-refractivity contribution in [2.75, 3.05) is 30.8 Å². The molecule has 3 aromatic rings. The average molecular weight is 378 g/mol. The second kappa shape index (κ2) is 9.86. The van der Waals surface area contributed by atoms with Crippen LogP contribution in [0.15, 0.2) is 61.1 Å². The summed E-state index contributed by atoms with van der Waals surface area (Å²) in [5, 5.41) is 9.15. The number of nitrogens with zero attached hydrogens (tertiary/aromatic N) is 3. The van der Waals surface area contributed by atoms with E-state index in [4.69, 9.17) is 4.74 Å². The Labute approximate surface area is 163 Å². The lowest BCUT2D eigenvalue weighted by atomic mass is 10.1. The van der Waals surface area contributed by atoms with E-state index in [-0.39, 0.29) is 5.91 Å². The Morgan fingerprint density at radius 1 is 0.964 bits per heavy atom. The number of ether oxygens (including phenoxy) is 1. The number of methoxy groups -OCH3 is 1. The molecule has 1 amide bonds. The van der Waals surface area contributed by atoms with Gasteiger partial charge >= 0.3 is 0 Å². The molecule has 8 heteroatoms. The first-order valence-corrected chi connectivity index (χ1v) is 8.86. The van der Waals surface area contributed by atoms with Crippen molar-refractivity contribution in [2.45, 2.75) is 6.42 Å². The number of carbonyl (C=O) groups excluding carboxylic acids is 1. The number of benzene rings is 1. The largest absolute Gasteiger partial charge is 0.497 e. The molecule has 0 radical (unpaired) electrons. The minimum absolute atomic E-state index is 0.0350. The molecule has 0 aliphatic rings. The number of rotatable bonds is 9. The van der Waals surface area contributed by atoms with E-state index in [1.54, 1.807) is 19.4 Å². The van der Waals surface area contributed by atoms with Crippen molar-refractivity contribution in [3.05, 3.63) is 66.6 Å². The molecule has 0 saturated carbocycles. The van der Waals surface area contributed by atoms with Crippen LogP contribution in [0.25, 0.3) is 0 Å². The van der Waals surface area contributed by atoms with Crippen LogP contribution < -0.4 is 20.7 Å². The Morgan fingerprint density at radius 3 is 2.54 bits per heavy atom. The standard InChI is InChI=1S/C20H22N6O2/c1-28-16-7-5-15(6-8-16)12-20(27)23-11-10-22-18-13-19(25-14-24-18)26-17-4-2-3-9-21-17/h2-9,13-14H,10-12H2,1H3,(H,23,27)(H2,21,22,24,25,26). The first kappa shape index (κ1) is 19.1. The molecule has 0 atom stereocenters. The molecule has 8 nitrogen and oxygen atoms in total. The van der Waals surface area contributed by atoms with Gasteiger partial charge in [-0.25, -0.2) is 15.0 Å². The summed E-state index contributed by atoms with van der Waals surface area (Å²) in [6.45, 7) is 1.04. The SMILES string of the molecule is COc1ccc(CC(=O)NCCNc2cc(Nc3ccccn3)ncn2)cc1. The lowest BCUT2D eigenvalue weighted by Gasteiger charge is -2.09. The van der Waals surface area contributed by atoms with Gasteiger partial charge in [0.25, 0.3) is 0 Å². The van der Waals surface area contributed by atoms with Gasteiger partial charge in [0.2, 0.25) is 5.91 Å². The quantitative estimate of drug-likeness (QED) is 0.492. The number of aromatic nitrogens is 3. The number of anilines is 3. The monoisotopic (exact) mass is 378 g/mol. The number of carbonyl (C=O) groups is 1. The summed E-state index contributed by atoms with van der Waals surface area (Å²) in [4.78, 5) is 24.6. The molecule has 3 N–H and O–H groups in total. The molecule has 0 aliphatic heterocycles. The van der Waals surface area contributed by atoms with E-state index in [0.29, 0.717) is 37.0 Å². The van der Waals surface area contributed by atoms with E-state index in [1.165, 1.54) is 6.33 Å². The highest BCUT2D eigenvalue weighted by Crippen LogP contribution is 2.13. The molecule has 0 bridgehead atoms. The average Bonchev–Trinajstić information content (AvgIpc) is 2.73. The Balaban J connectivity index is 1.41. The number of hydrogen-bond donors (Lipinski definition) is 3. The van der Waals surface area contributed by atoms with Crippen molar-refractivity contribution in [1.29, 1.82) is 0 Å². The zero-order valence-electron chi connectivity index (χ0n) is 15.6. The lowest BCUT2D eigenvalue weighted by Crippen LogP contribution is -2.30. The first-order chi connectivity index (χ1) is 13.7. The van der Waals surface area contributed by atoms with Gasteiger partial charge in [-0.1, -0.05) is 18.2 Å². The molecule has 28 heavy (non-hydrogen) atoms. The lowest BCUT2D eigenvalue weighted by molar-refractivity contribution is -0.120. The molecule has 0 unspecified atom stereocenters. The predicted molar refractivity (Wildman–Crippen MR) is 108 cm³/mol. The minimum Gasteiger partial charge on any atom is -0.497 e. The van der Waals surface area contributed by atoms with Crippen LogP contribution in [0.5, 0.6) is 5.75 Å². The van der Waals surface area contributed by atoms with Crippen molar-refractivity contribution in [3.8, 4) is 5.75 Å². The van der Waals surface area contributed by atoms with Gasteiger partial charge in [0.15, 0.2) is 0 Å². The molecule has 0 saturated heterocycles. The van der Waals surface area contributed by atoms with Gasteiger partial charge in [0.05, 0.1) is 13.5 Å². The normalized spacial score (nSPS) is 10.2. The second-order valence-corrected chi connectivity index (χ2v) is 5.93. The van der Waals surface area contributed by atoms with Gasteiger partial charge < -0.3 is 20.7 Å².